The summed E-state index contributed by atoms with van der Waals surface area (Å²) in [4.78, 5) is 16.7. The molecule has 0 fully saturated rings. The Labute approximate surface area is 123 Å². The molecule has 1 aliphatic heterocycles. The van der Waals surface area contributed by atoms with Crippen molar-refractivity contribution in [1.82, 2.24) is 9.47 Å². The van der Waals surface area contributed by atoms with Crippen molar-refractivity contribution in [3.8, 4) is 0 Å². The Hall–Kier alpha value is -1.81. The first-order valence-electron chi connectivity index (χ1n) is 6.85. The molecule has 0 aromatic carbocycles. The van der Waals surface area contributed by atoms with Crippen LogP contribution in [-0.4, -0.2) is 21.9 Å². The third-order valence-corrected chi connectivity index (χ3v) is 4.74. The number of nitrogens with zero attached hydrogens (tertiary/aromatic N) is 2. The number of hydrogen-bond acceptors (Lipinski definition) is 2. The van der Waals surface area contributed by atoms with Crippen molar-refractivity contribution >= 4 is 23.3 Å². The van der Waals surface area contributed by atoms with Crippen LogP contribution in [0.2, 0.25) is 0 Å². The number of aromatic nitrogens is 1. The minimum Gasteiger partial charge on any atom is -0.348 e. The summed E-state index contributed by atoms with van der Waals surface area (Å²) in [5.74, 6) is 0.0935. The van der Waals surface area contributed by atoms with Crippen LogP contribution in [0.4, 0.5) is 0 Å². The number of carbonyl (C=O) groups excluding carboxylic acids is 1. The summed E-state index contributed by atoms with van der Waals surface area (Å²) < 4.78 is 2.22. The van der Waals surface area contributed by atoms with E-state index in [0.717, 1.165) is 18.0 Å². The predicted octanol–water partition coefficient (Wildman–Crippen LogP) is 3.47. The number of thiophene rings is 1. The molecule has 3 nitrogen and oxygen atoms in total. The fourth-order valence-corrected chi connectivity index (χ4v) is 3.45. The van der Waals surface area contributed by atoms with Gasteiger partial charge in [-0.3, -0.25) is 4.79 Å². The van der Waals surface area contributed by atoms with E-state index in [1.165, 1.54) is 10.6 Å². The van der Waals surface area contributed by atoms with Crippen LogP contribution in [0, 0.1) is 6.92 Å². The first-order chi connectivity index (χ1) is 9.65. The molecule has 0 spiro atoms. The average Bonchev–Trinajstić information content (AvgIpc) is 3.05. The SMILES string of the molecule is Cc1ccc(/C=C/C(=O)N2CCn3cccc3[C@H]2C)s1. The van der Waals surface area contributed by atoms with E-state index in [-0.39, 0.29) is 11.9 Å². The zero-order valence-corrected chi connectivity index (χ0v) is 12.6. The summed E-state index contributed by atoms with van der Waals surface area (Å²) in [5.41, 5.74) is 1.21. The second-order valence-electron chi connectivity index (χ2n) is 5.12. The van der Waals surface area contributed by atoms with Crippen LogP contribution in [0.15, 0.2) is 36.5 Å². The number of fused-ring (bicyclic) bond motifs is 1. The molecule has 2 aromatic heterocycles. The lowest BCUT2D eigenvalue weighted by molar-refractivity contribution is -0.129. The maximum atomic E-state index is 12.4. The Balaban J connectivity index is 1.74. The van der Waals surface area contributed by atoms with Crippen LogP contribution in [0.1, 0.15) is 28.4 Å². The maximum Gasteiger partial charge on any atom is 0.247 e. The second kappa shape index (κ2) is 5.29. The van der Waals surface area contributed by atoms with E-state index in [2.05, 4.69) is 42.8 Å². The van der Waals surface area contributed by atoms with Crippen molar-refractivity contribution in [1.29, 1.82) is 0 Å². The lowest BCUT2D eigenvalue weighted by Crippen LogP contribution is -2.39. The van der Waals surface area contributed by atoms with Gasteiger partial charge >= 0.3 is 0 Å². The van der Waals surface area contributed by atoms with Gasteiger partial charge in [0.1, 0.15) is 0 Å². The molecule has 0 saturated carbocycles. The molecule has 3 heterocycles. The largest absolute Gasteiger partial charge is 0.348 e. The highest BCUT2D eigenvalue weighted by atomic mass is 32.1. The van der Waals surface area contributed by atoms with Gasteiger partial charge in [0.05, 0.1) is 6.04 Å². The van der Waals surface area contributed by atoms with Gasteiger partial charge in [-0.1, -0.05) is 0 Å². The van der Waals surface area contributed by atoms with Crippen LogP contribution >= 0.6 is 11.3 Å². The highest BCUT2D eigenvalue weighted by Gasteiger charge is 2.25. The smallest absolute Gasteiger partial charge is 0.247 e. The number of hydrogen-bond donors (Lipinski definition) is 0. The lowest BCUT2D eigenvalue weighted by Gasteiger charge is -2.34. The fraction of sp³-hybridized carbons (Fsp3) is 0.312. The molecule has 1 atom stereocenters. The molecule has 2 aromatic rings. The Bertz CT molecular complexity index is 653. The standard InChI is InChI=1S/C16H18N2OS/c1-12-5-6-14(20-12)7-8-16(19)18-11-10-17-9-3-4-15(17)13(18)2/h3-9,13H,10-11H2,1-2H3/b8-7+/t13-/m1/s1. The topological polar surface area (TPSA) is 25.2 Å². The molecule has 3 rings (SSSR count). The molecule has 0 unspecified atom stereocenters. The third kappa shape index (κ3) is 2.43. The highest BCUT2D eigenvalue weighted by Crippen LogP contribution is 2.25. The van der Waals surface area contributed by atoms with E-state index < -0.39 is 0 Å². The van der Waals surface area contributed by atoms with Gasteiger partial charge in [0.15, 0.2) is 0 Å². The van der Waals surface area contributed by atoms with Gasteiger partial charge in [0, 0.05) is 40.8 Å². The van der Waals surface area contributed by atoms with E-state index in [9.17, 15) is 4.79 Å². The summed E-state index contributed by atoms with van der Waals surface area (Å²) >= 11 is 1.71. The molecule has 0 aliphatic carbocycles. The number of rotatable bonds is 2. The molecule has 104 valence electrons. The highest BCUT2D eigenvalue weighted by molar-refractivity contribution is 7.12. The first kappa shape index (κ1) is 13.2. The quantitative estimate of drug-likeness (QED) is 0.776. The maximum absolute atomic E-state index is 12.4. The van der Waals surface area contributed by atoms with Crippen molar-refractivity contribution in [2.45, 2.75) is 26.4 Å². The lowest BCUT2D eigenvalue weighted by atomic mass is 10.1. The van der Waals surface area contributed by atoms with Gasteiger partial charge in [0.25, 0.3) is 0 Å². The average molecular weight is 286 g/mol. The number of carbonyl (C=O) groups is 1. The van der Waals surface area contributed by atoms with Gasteiger partial charge in [-0.2, -0.15) is 0 Å². The molecule has 0 radical (unpaired) electrons. The molecular weight excluding hydrogens is 268 g/mol. The van der Waals surface area contributed by atoms with E-state index in [0.29, 0.717) is 0 Å². The summed E-state index contributed by atoms with van der Waals surface area (Å²) in [5, 5.41) is 0. The van der Waals surface area contributed by atoms with E-state index in [4.69, 9.17) is 0 Å². The van der Waals surface area contributed by atoms with Crippen LogP contribution in [0.25, 0.3) is 6.08 Å². The fourth-order valence-electron chi connectivity index (χ4n) is 2.67. The van der Waals surface area contributed by atoms with Crippen molar-refractivity contribution in [3.63, 3.8) is 0 Å². The Morgan fingerprint density at radius 1 is 1.35 bits per heavy atom. The first-order valence-corrected chi connectivity index (χ1v) is 7.67. The van der Waals surface area contributed by atoms with Crippen molar-refractivity contribution in [2.24, 2.45) is 0 Å². The van der Waals surface area contributed by atoms with Crippen molar-refractivity contribution in [3.05, 3.63) is 52.0 Å². The van der Waals surface area contributed by atoms with Crippen LogP contribution in [0.5, 0.6) is 0 Å². The van der Waals surface area contributed by atoms with Gasteiger partial charge < -0.3 is 9.47 Å². The van der Waals surface area contributed by atoms with Crippen LogP contribution in [-0.2, 0) is 11.3 Å². The summed E-state index contributed by atoms with van der Waals surface area (Å²) in [6, 6.07) is 8.40. The molecule has 0 saturated heterocycles. The summed E-state index contributed by atoms with van der Waals surface area (Å²) in [7, 11) is 0. The van der Waals surface area contributed by atoms with Crippen molar-refractivity contribution in [2.75, 3.05) is 6.54 Å². The van der Waals surface area contributed by atoms with E-state index in [1.807, 2.05) is 17.0 Å². The van der Waals surface area contributed by atoms with Crippen LogP contribution < -0.4 is 0 Å². The normalized spacial score (nSPS) is 18.5. The van der Waals surface area contributed by atoms with Gasteiger partial charge in [0.2, 0.25) is 5.91 Å². The van der Waals surface area contributed by atoms with Gasteiger partial charge in [-0.25, -0.2) is 0 Å². The zero-order chi connectivity index (χ0) is 14.1. The molecule has 0 N–H and O–H groups in total. The third-order valence-electron chi connectivity index (χ3n) is 3.78. The van der Waals surface area contributed by atoms with Gasteiger partial charge in [-0.15, -0.1) is 11.3 Å². The molecular formula is C16H18N2OS. The minimum absolute atomic E-state index is 0.0935. The summed E-state index contributed by atoms with van der Waals surface area (Å²) in [6.07, 6.45) is 5.69. The minimum atomic E-state index is 0.0935. The molecule has 0 bridgehead atoms. The molecule has 1 amide bonds. The Morgan fingerprint density at radius 3 is 2.95 bits per heavy atom. The summed E-state index contributed by atoms with van der Waals surface area (Å²) in [6.45, 7) is 5.82. The number of amides is 1. The Morgan fingerprint density at radius 2 is 2.20 bits per heavy atom. The monoisotopic (exact) mass is 286 g/mol. The van der Waals surface area contributed by atoms with E-state index >= 15 is 0 Å². The van der Waals surface area contributed by atoms with E-state index in [1.54, 1.807) is 17.4 Å². The van der Waals surface area contributed by atoms with Gasteiger partial charge in [-0.05, 0) is 44.2 Å². The van der Waals surface area contributed by atoms with Crippen molar-refractivity contribution < 1.29 is 4.79 Å². The number of aryl methyl sites for hydroxylation is 1. The second-order valence-corrected chi connectivity index (χ2v) is 6.44. The molecule has 20 heavy (non-hydrogen) atoms. The molecule has 1 aliphatic rings. The Kier molecular flexibility index (Phi) is 3.49. The molecule has 4 heteroatoms. The zero-order valence-electron chi connectivity index (χ0n) is 11.7. The van der Waals surface area contributed by atoms with Crippen LogP contribution in [0.3, 0.4) is 0 Å². The predicted molar refractivity (Wildman–Crippen MR) is 82.7 cm³/mol.